The topological polar surface area (TPSA) is 74.3 Å². The molecule has 6 nitrogen and oxygen atoms in total. The van der Waals surface area contributed by atoms with E-state index in [1.807, 2.05) is 12.1 Å². The van der Waals surface area contributed by atoms with Crippen molar-refractivity contribution >= 4 is 43.7 Å². The lowest BCUT2D eigenvalue weighted by molar-refractivity contribution is 0.589. The number of benzene rings is 2. The number of aromatic nitrogens is 1. The second kappa shape index (κ2) is 7.58. The van der Waals surface area contributed by atoms with Gasteiger partial charge in [0.05, 0.1) is 21.8 Å². The van der Waals surface area contributed by atoms with Crippen molar-refractivity contribution in [1.82, 2.24) is 10.3 Å². The number of rotatable bonds is 4. The molecule has 0 saturated carbocycles. The highest BCUT2D eigenvalue weighted by Crippen LogP contribution is 2.39. The Balaban J connectivity index is 1.99. The van der Waals surface area contributed by atoms with E-state index in [1.54, 1.807) is 37.5 Å². The molecule has 2 heterocycles. The van der Waals surface area contributed by atoms with Crippen LogP contribution in [0.4, 0.5) is 11.4 Å². The lowest BCUT2D eigenvalue weighted by atomic mass is 10.1. The summed E-state index contributed by atoms with van der Waals surface area (Å²) in [6, 6.07) is 11.8. The maximum absolute atomic E-state index is 13.5. The molecule has 8 heteroatoms. The first-order valence-corrected chi connectivity index (χ1v) is 10.9. The number of pyridine rings is 1. The number of anilines is 2. The molecule has 4 rings (SSSR count). The Hall–Kier alpha value is -2.35. The standard InChI is InChI=1S/C20H21ClN4O2S/c1-22-17-13-18(25-10-8-23-9-11-25)19-16(6-3-7-24-19)20(17)28(26,27)15-5-2-4-14(21)12-15/h2-7,12-13,22-23H,8-11H2,1H3. The third kappa shape index (κ3) is 3.30. The summed E-state index contributed by atoms with van der Waals surface area (Å²) in [7, 11) is -2.06. The smallest absolute Gasteiger partial charge is 0.209 e. The number of hydrogen-bond acceptors (Lipinski definition) is 6. The average Bonchev–Trinajstić information content (AvgIpc) is 2.73. The third-order valence-electron chi connectivity index (χ3n) is 4.92. The van der Waals surface area contributed by atoms with Crippen LogP contribution >= 0.6 is 11.6 Å². The minimum absolute atomic E-state index is 0.163. The Bertz CT molecular complexity index is 1130. The van der Waals surface area contributed by atoms with Crippen LogP contribution in [0.25, 0.3) is 10.9 Å². The molecule has 3 aromatic rings. The van der Waals surface area contributed by atoms with E-state index in [0.717, 1.165) is 31.9 Å². The summed E-state index contributed by atoms with van der Waals surface area (Å²) in [6.45, 7) is 3.45. The fourth-order valence-electron chi connectivity index (χ4n) is 3.58. The number of piperazine rings is 1. The quantitative estimate of drug-likeness (QED) is 0.680. The minimum Gasteiger partial charge on any atom is -0.387 e. The Labute approximate surface area is 169 Å². The molecule has 0 spiro atoms. The molecule has 0 aliphatic carbocycles. The lowest BCUT2D eigenvalue weighted by Crippen LogP contribution is -2.43. The van der Waals surface area contributed by atoms with Gasteiger partial charge < -0.3 is 15.5 Å². The molecule has 0 atom stereocenters. The fourth-order valence-corrected chi connectivity index (χ4v) is 5.52. The SMILES string of the molecule is CNc1cc(N2CCNCC2)c2ncccc2c1S(=O)(=O)c1cccc(Cl)c1. The molecule has 1 saturated heterocycles. The average molecular weight is 417 g/mol. The molecule has 28 heavy (non-hydrogen) atoms. The van der Waals surface area contributed by atoms with E-state index in [9.17, 15) is 8.42 Å². The number of fused-ring (bicyclic) bond motifs is 1. The molecule has 0 amide bonds. The van der Waals surface area contributed by atoms with Gasteiger partial charge in [-0.1, -0.05) is 17.7 Å². The van der Waals surface area contributed by atoms with Gasteiger partial charge in [0.25, 0.3) is 0 Å². The highest BCUT2D eigenvalue weighted by molar-refractivity contribution is 7.92. The highest BCUT2D eigenvalue weighted by atomic mass is 35.5. The van der Waals surface area contributed by atoms with Gasteiger partial charge in [0.2, 0.25) is 9.84 Å². The lowest BCUT2D eigenvalue weighted by Gasteiger charge is -2.31. The van der Waals surface area contributed by atoms with Crippen molar-refractivity contribution in [2.45, 2.75) is 9.79 Å². The number of nitrogens with zero attached hydrogens (tertiary/aromatic N) is 2. The zero-order valence-corrected chi connectivity index (χ0v) is 17.0. The van der Waals surface area contributed by atoms with Gasteiger partial charge in [0, 0.05) is 49.8 Å². The second-order valence-corrected chi connectivity index (χ2v) is 8.94. The largest absolute Gasteiger partial charge is 0.387 e. The first kappa shape index (κ1) is 19.0. The Morgan fingerprint density at radius 2 is 1.93 bits per heavy atom. The monoisotopic (exact) mass is 416 g/mol. The summed E-state index contributed by atoms with van der Waals surface area (Å²) in [5, 5.41) is 7.39. The molecule has 2 aromatic carbocycles. The van der Waals surface area contributed by atoms with Gasteiger partial charge in [-0.15, -0.1) is 0 Å². The zero-order chi connectivity index (χ0) is 19.7. The molecule has 0 unspecified atom stereocenters. The summed E-state index contributed by atoms with van der Waals surface area (Å²) < 4.78 is 27.0. The molecular weight excluding hydrogens is 396 g/mol. The van der Waals surface area contributed by atoms with Gasteiger partial charge in [-0.25, -0.2) is 8.42 Å². The zero-order valence-electron chi connectivity index (χ0n) is 15.4. The van der Waals surface area contributed by atoms with Crippen LogP contribution in [-0.4, -0.2) is 46.6 Å². The van der Waals surface area contributed by atoms with Crippen molar-refractivity contribution < 1.29 is 8.42 Å². The van der Waals surface area contributed by atoms with Crippen LogP contribution in [0.1, 0.15) is 0 Å². The summed E-state index contributed by atoms with van der Waals surface area (Å²) >= 11 is 6.05. The van der Waals surface area contributed by atoms with Gasteiger partial charge >= 0.3 is 0 Å². The summed E-state index contributed by atoms with van der Waals surface area (Å²) in [5.41, 5.74) is 2.17. The summed E-state index contributed by atoms with van der Waals surface area (Å²) in [4.78, 5) is 7.16. The van der Waals surface area contributed by atoms with Crippen LogP contribution in [0.3, 0.4) is 0 Å². The van der Waals surface area contributed by atoms with Crippen molar-refractivity contribution in [1.29, 1.82) is 0 Å². The fraction of sp³-hybridized carbons (Fsp3) is 0.250. The maximum Gasteiger partial charge on any atom is 0.209 e. The molecule has 1 aliphatic heterocycles. The van der Waals surface area contributed by atoms with Crippen molar-refractivity contribution in [3.05, 3.63) is 53.7 Å². The Morgan fingerprint density at radius 3 is 2.64 bits per heavy atom. The van der Waals surface area contributed by atoms with Crippen LogP contribution in [-0.2, 0) is 9.84 Å². The van der Waals surface area contributed by atoms with Crippen molar-refractivity contribution in [3.8, 4) is 0 Å². The third-order valence-corrected chi connectivity index (χ3v) is 7.01. The van der Waals surface area contributed by atoms with E-state index in [1.165, 1.54) is 6.07 Å². The molecule has 2 N–H and O–H groups in total. The predicted molar refractivity (Wildman–Crippen MR) is 113 cm³/mol. The number of sulfone groups is 1. The van der Waals surface area contributed by atoms with Crippen molar-refractivity contribution in [3.63, 3.8) is 0 Å². The van der Waals surface area contributed by atoms with E-state index in [0.29, 0.717) is 21.6 Å². The number of hydrogen-bond donors (Lipinski definition) is 2. The number of nitrogens with one attached hydrogen (secondary N) is 2. The first-order chi connectivity index (χ1) is 13.5. The van der Waals surface area contributed by atoms with Gasteiger partial charge in [-0.3, -0.25) is 4.98 Å². The molecule has 1 fully saturated rings. The van der Waals surface area contributed by atoms with Crippen LogP contribution in [0.5, 0.6) is 0 Å². The normalized spacial score (nSPS) is 15.0. The van der Waals surface area contributed by atoms with Crippen molar-refractivity contribution in [2.24, 2.45) is 0 Å². The molecule has 0 bridgehead atoms. The molecule has 146 valence electrons. The predicted octanol–water partition coefficient (Wildman–Crippen LogP) is 3.17. The van der Waals surface area contributed by atoms with E-state index < -0.39 is 9.84 Å². The molecule has 0 radical (unpaired) electrons. The van der Waals surface area contributed by atoms with Crippen LogP contribution in [0.15, 0.2) is 58.5 Å². The highest BCUT2D eigenvalue weighted by Gasteiger charge is 2.27. The Morgan fingerprint density at radius 1 is 1.14 bits per heavy atom. The van der Waals surface area contributed by atoms with E-state index >= 15 is 0 Å². The molecule has 1 aromatic heterocycles. The first-order valence-electron chi connectivity index (χ1n) is 9.08. The molecule has 1 aliphatic rings. The van der Waals surface area contributed by atoms with Gasteiger partial charge in [0.15, 0.2) is 0 Å². The van der Waals surface area contributed by atoms with Gasteiger partial charge in [0.1, 0.15) is 4.90 Å². The number of halogens is 1. The van der Waals surface area contributed by atoms with Gasteiger partial charge in [-0.05, 0) is 36.4 Å². The summed E-state index contributed by atoms with van der Waals surface area (Å²) in [6.07, 6.45) is 1.70. The van der Waals surface area contributed by atoms with E-state index in [-0.39, 0.29) is 9.79 Å². The second-order valence-electron chi connectivity index (χ2n) is 6.62. The Kier molecular flexibility index (Phi) is 5.14. The summed E-state index contributed by atoms with van der Waals surface area (Å²) in [5.74, 6) is 0. The van der Waals surface area contributed by atoms with Crippen LogP contribution in [0.2, 0.25) is 5.02 Å². The molecular formula is C20H21ClN4O2S. The minimum atomic E-state index is -3.80. The van der Waals surface area contributed by atoms with E-state index in [4.69, 9.17) is 11.6 Å². The van der Waals surface area contributed by atoms with Gasteiger partial charge in [-0.2, -0.15) is 0 Å². The van der Waals surface area contributed by atoms with Crippen LogP contribution < -0.4 is 15.5 Å². The van der Waals surface area contributed by atoms with Crippen molar-refractivity contribution in [2.75, 3.05) is 43.4 Å². The van der Waals surface area contributed by atoms with E-state index in [2.05, 4.69) is 20.5 Å². The van der Waals surface area contributed by atoms with Crippen LogP contribution in [0, 0.1) is 0 Å². The maximum atomic E-state index is 13.5.